The fourth-order valence-corrected chi connectivity index (χ4v) is 1.46. The molecule has 0 radical (unpaired) electrons. The molecule has 0 spiro atoms. The van der Waals surface area contributed by atoms with Gasteiger partial charge in [0.2, 0.25) is 0 Å². The standard InChI is InChI=1S/C12H10N2O/c1-9-6-13-8-14-12(9)11-4-2-3-10(5-11)7-15/h2-8H,1H3. The lowest BCUT2D eigenvalue weighted by molar-refractivity contribution is 0.112. The molecule has 15 heavy (non-hydrogen) atoms. The molecule has 0 amide bonds. The Hall–Kier alpha value is -2.03. The fourth-order valence-electron chi connectivity index (χ4n) is 1.46. The minimum atomic E-state index is 0.658. The van der Waals surface area contributed by atoms with E-state index < -0.39 is 0 Å². The molecular formula is C12H10N2O. The lowest BCUT2D eigenvalue weighted by atomic mass is 10.1. The van der Waals surface area contributed by atoms with Gasteiger partial charge in [-0.2, -0.15) is 0 Å². The van der Waals surface area contributed by atoms with Gasteiger partial charge in [0.1, 0.15) is 12.6 Å². The quantitative estimate of drug-likeness (QED) is 0.695. The second kappa shape index (κ2) is 4.00. The Morgan fingerprint density at radius 1 is 1.33 bits per heavy atom. The molecule has 0 saturated heterocycles. The molecule has 0 fully saturated rings. The van der Waals surface area contributed by atoms with Gasteiger partial charge in [-0.3, -0.25) is 4.79 Å². The zero-order chi connectivity index (χ0) is 10.7. The average molecular weight is 198 g/mol. The maximum Gasteiger partial charge on any atom is 0.150 e. The Morgan fingerprint density at radius 3 is 2.93 bits per heavy atom. The molecule has 1 heterocycles. The maximum absolute atomic E-state index is 10.6. The third-order valence-electron chi connectivity index (χ3n) is 2.19. The molecule has 0 unspecified atom stereocenters. The third-order valence-corrected chi connectivity index (χ3v) is 2.19. The van der Waals surface area contributed by atoms with Crippen molar-refractivity contribution in [2.24, 2.45) is 0 Å². The number of aromatic nitrogens is 2. The van der Waals surface area contributed by atoms with Crippen LogP contribution in [0.25, 0.3) is 11.3 Å². The molecule has 0 saturated carbocycles. The lowest BCUT2D eigenvalue weighted by Gasteiger charge is -2.03. The van der Waals surface area contributed by atoms with Crippen LogP contribution < -0.4 is 0 Å². The van der Waals surface area contributed by atoms with Crippen LogP contribution in [-0.2, 0) is 0 Å². The second-order valence-corrected chi connectivity index (χ2v) is 3.30. The summed E-state index contributed by atoms with van der Waals surface area (Å²) in [5, 5.41) is 0. The monoisotopic (exact) mass is 198 g/mol. The van der Waals surface area contributed by atoms with Crippen molar-refractivity contribution < 1.29 is 4.79 Å². The summed E-state index contributed by atoms with van der Waals surface area (Å²) in [7, 11) is 0. The summed E-state index contributed by atoms with van der Waals surface area (Å²) in [4.78, 5) is 18.8. The molecule has 0 aliphatic carbocycles. The first-order valence-corrected chi connectivity index (χ1v) is 4.63. The van der Waals surface area contributed by atoms with E-state index in [1.807, 2.05) is 25.1 Å². The highest BCUT2D eigenvalue weighted by molar-refractivity contribution is 5.78. The van der Waals surface area contributed by atoms with Crippen molar-refractivity contribution in [2.45, 2.75) is 6.92 Å². The van der Waals surface area contributed by atoms with Crippen molar-refractivity contribution in [1.82, 2.24) is 9.97 Å². The fraction of sp³-hybridized carbons (Fsp3) is 0.0833. The summed E-state index contributed by atoms with van der Waals surface area (Å²) >= 11 is 0. The molecule has 2 aromatic rings. The van der Waals surface area contributed by atoms with Gasteiger partial charge in [0, 0.05) is 17.3 Å². The van der Waals surface area contributed by atoms with Crippen molar-refractivity contribution in [3.8, 4) is 11.3 Å². The van der Waals surface area contributed by atoms with Crippen LogP contribution in [0.4, 0.5) is 0 Å². The van der Waals surface area contributed by atoms with Crippen molar-refractivity contribution in [1.29, 1.82) is 0 Å². The smallest absolute Gasteiger partial charge is 0.150 e. The molecule has 0 aliphatic rings. The van der Waals surface area contributed by atoms with Gasteiger partial charge in [0.05, 0.1) is 5.69 Å². The van der Waals surface area contributed by atoms with E-state index in [1.165, 1.54) is 6.33 Å². The first kappa shape index (κ1) is 9.52. The van der Waals surface area contributed by atoms with Crippen LogP contribution in [0.2, 0.25) is 0 Å². The largest absolute Gasteiger partial charge is 0.298 e. The molecular weight excluding hydrogens is 188 g/mol. The molecule has 3 heteroatoms. The van der Waals surface area contributed by atoms with Crippen molar-refractivity contribution in [3.05, 3.63) is 47.9 Å². The highest BCUT2D eigenvalue weighted by Gasteiger charge is 2.03. The number of aldehydes is 1. The van der Waals surface area contributed by atoms with E-state index in [4.69, 9.17) is 0 Å². The van der Waals surface area contributed by atoms with Crippen LogP contribution in [0.5, 0.6) is 0 Å². The van der Waals surface area contributed by atoms with E-state index >= 15 is 0 Å². The summed E-state index contributed by atoms with van der Waals surface area (Å²) in [6.07, 6.45) is 4.10. The van der Waals surface area contributed by atoms with Crippen LogP contribution in [-0.4, -0.2) is 16.3 Å². The summed E-state index contributed by atoms with van der Waals surface area (Å²) in [6, 6.07) is 7.37. The summed E-state index contributed by atoms with van der Waals surface area (Å²) in [6.45, 7) is 1.95. The highest BCUT2D eigenvalue weighted by atomic mass is 16.1. The SMILES string of the molecule is Cc1cncnc1-c1cccc(C=O)c1. The topological polar surface area (TPSA) is 42.9 Å². The molecule has 1 aromatic heterocycles. The Labute approximate surface area is 87.8 Å². The van der Waals surface area contributed by atoms with E-state index in [9.17, 15) is 4.79 Å². The zero-order valence-electron chi connectivity index (χ0n) is 8.34. The number of carbonyl (C=O) groups is 1. The van der Waals surface area contributed by atoms with Crippen molar-refractivity contribution >= 4 is 6.29 Å². The maximum atomic E-state index is 10.6. The minimum absolute atomic E-state index is 0.658. The third kappa shape index (κ3) is 1.91. The Morgan fingerprint density at radius 2 is 2.20 bits per heavy atom. The number of aryl methyl sites for hydroxylation is 1. The first-order chi connectivity index (χ1) is 7.31. The average Bonchev–Trinajstić information content (AvgIpc) is 2.30. The van der Waals surface area contributed by atoms with Crippen LogP contribution >= 0.6 is 0 Å². The molecule has 3 nitrogen and oxygen atoms in total. The number of rotatable bonds is 2. The van der Waals surface area contributed by atoms with Gasteiger partial charge in [-0.25, -0.2) is 9.97 Å². The highest BCUT2D eigenvalue weighted by Crippen LogP contribution is 2.20. The predicted molar refractivity (Wildman–Crippen MR) is 57.6 cm³/mol. The van der Waals surface area contributed by atoms with Gasteiger partial charge in [-0.05, 0) is 18.6 Å². The summed E-state index contributed by atoms with van der Waals surface area (Å²) in [5.41, 5.74) is 3.47. The molecule has 74 valence electrons. The van der Waals surface area contributed by atoms with Crippen LogP contribution in [0.1, 0.15) is 15.9 Å². The van der Waals surface area contributed by atoms with Gasteiger partial charge >= 0.3 is 0 Å². The lowest BCUT2D eigenvalue weighted by Crippen LogP contribution is -1.90. The molecule has 0 aliphatic heterocycles. The molecule has 0 bridgehead atoms. The van der Waals surface area contributed by atoms with Crippen molar-refractivity contribution in [2.75, 3.05) is 0 Å². The molecule has 0 N–H and O–H groups in total. The summed E-state index contributed by atoms with van der Waals surface area (Å²) < 4.78 is 0. The summed E-state index contributed by atoms with van der Waals surface area (Å²) in [5.74, 6) is 0. The number of nitrogens with zero attached hydrogens (tertiary/aromatic N) is 2. The van der Waals surface area contributed by atoms with Crippen molar-refractivity contribution in [3.63, 3.8) is 0 Å². The first-order valence-electron chi connectivity index (χ1n) is 4.63. The minimum Gasteiger partial charge on any atom is -0.298 e. The second-order valence-electron chi connectivity index (χ2n) is 3.30. The Bertz CT molecular complexity index is 494. The molecule has 1 aromatic carbocycles. The van der Waals surface area contributed by atoms with E-state index in [0.29, 0.717) is 5.56 Å². The van der Waals surface area contributed by atoms with E-state index in [-0.39, 0.29) is 0 Å². The van der Waals surface area contributed by atoms with Gasteiger partial charge in [-0.15, -0.1) is 0 Å². The number of hydrogen-bond acceptors (Lipinski definition) is 3. The van der Waals surface area contributed by atoms with E-state index in [2.05, 4.69) is 9.97 Å². The van der Waals surface area contributed by atoms with Crippen LogP contribution in [0, 0.1) is 6.92 Å². The van der Waals surface area contributed by atoms with Crippen LogP contribution in [0.15, 0.2) is 36.8 Å². The number of benzene rings is 1. The van der Waals surface area contributed by atoms with E-state index in [1.54, 1.807) is 12.3 Å². The van der Waals surface area contributed by atoms with Crippen LogP contribution in [0.3, 0.4) is 0 Å². The zero-order valence-corrected chi connectivity index (χ0v) is 8.34. The Kier molecular flexibility index (Phi) is 2.54. The predicted octanol–water partition coefficient (Wildman–Crippen LogP) is 2.26. The molecule has 2 rings (SSSR count). The van der Waals surface area contributed by atoms with Gasteiger partial charge in [0.15, 0.2) is 0 Å². The van der Waals surface area contributed by atoms with E-state index in [0.717, 1.165) is 23.1 Å². The number of carbonyl (C=O) groups excluding carboxylic acids is 1. The van der Waals surface area contributed by atoms with Gasteiger partial charge in [-0.1, -0.05) is 18.2 Å². The van der Waals surface area contributed by atoms with Gasteiger partial charge < -0.3 is 0 Å². The number of hydrogen-bond donors (Lipinski definition) is 0. The Balaban J connectivity index is 2.54. The normalized spacial score (nSPS) is 9.93. The van der Waals surface area contributed by atoms with Gasteiger partial charge in [0.25, 0.3) is 0 Å². The molecule has 0 atom stereocenters.